The van der Waals surface area contributed by atoms with Gasteiger partial charge in [0.2, 0.25) is 5.91 Å². The van der Waals surface area contributed by atoms with E-state index in [0.717, 1.165) is 0 Å². The Labute approximate surface area is 103 Å². The van der Waals surface area contributed by atoms with Crippen LogP contribution in [0.4, 0.5) is 5.69 Å². The minimum atomic E-state index is -0.291. The van der Waals surface area contributed by atoms with Crippen molar-refractivity contribution in [3.8, 4) is 0 Å². The Hall–Kier alpha value is -0.840. The molecule has 0 aliphatic heterocycles. The summed E-state index contributed by atoms with van der Waals surface area (Å²) in [4.78, 5) is 11.4. The van der Waals surface area contributed by atoms with Gasteiger partial charge in [-0.15, -0.1) is 0 Å². The summed E-state index contributed by atoms with van der Waals surface area (Å²) in [7, 11) is 0. The fraction of sp³-hybridized carbons (Fsp3) is 0.111. The normalized spacial score (nSPS) is 9.73. The number of thiocarbonyl (C=S) groups is 1. The number of hydrogen-bond donors (Lipinski definition) is 2. The van der Waals surface area contributed by atoms with Crippen molar-refractivity contribution in [2.45, 2.75) is 6.42 Å². The lowest BCUT2D eigenvalue weighted by atomic mass is 10.3. The first-order valence-corrected chi connectivity index (χ1v) is 5.18. The van der Waals surface area contributed by atoms with Crippen molar-refractivity contribution in [2.24, 2.45) is 5.73 Å². The van der Waals surface area contributed by atoms with E-state index in [1.54, 1.807) is 18.2 Å². The van der Waals surface area contributed by atoms with Gasteiger partial charge in [0.05, 0.1) is 11.4 Å². The van der Waals surface area contributed by atoms with Crippen molar-refractivity contribution < 1.29 is 4.79 Å². The molecule has 15 heavy (non-hydrogen) atoms. The summed E-state index contributed by atoms with van der Waals surface area (Å²) >= 11 is 16.1. The molecule has 0 atom stereocenters. The predicted octanol–water partition coefficient (Wildman–Crippen LogP) is 2.61. The van der Waals surface area contributed by atoms with Crippen LogP contribution in [0.3, 0.4) is 0 Å². The van der Waals surface area contributed by atoms with Crippen LogP contribution in [0.5, 0.6) is 0 Å². The zero-order valence-electron chi connectivity index (χ0n) is 7.59. The van der Waals surface area contributed by atoms with Gasteiger partial charge in [-0.3, -0.25) is 4.79 Å². The summed E-state index contributed by atoms with van der Waals surface area (Å²) in [6, 6.07) is 4.75. The highest BCUT2D eigenvalue weighted by molar-refractivity contribution is 7.80. The van der Waals surface area contributed by atoms with E-state index in [1.165, 1.54) is 0 Å². The van der Waals surface area contributed by atoms with Crippen LogP contribution in [-0.2, 0) is 4.79 Å². The molecule has 80 valence electrons. The Bertz CT molecular complexity index is 389. The molecule has 0 spiro atoms. The van der Waals surface area contributed by atoms with Gasteiger partial charge in [-0.05, 0) is 18.2 Å². The van der Waals surface area contributed by atoms with E-state index in [0.29, 0.717) is 15.7 Å². The molecule has 0 fully saturated rings. The van der Waals surface area contributed by atoms with E-state index in [2.05, 4.69) is 17.5 Å². The Morgan fingerprint density at radius 1 is 1.33 bits per heavy atom. The molecule has 1 rings (SSSR count). The van der Waals surface area contributed by atoms with Crippen molar-refractivity contribution >= 4 is 52.0 Å². The molecule has 0 heterocycles. The van der Waals surface area contributed by atoms with Crippen LogP contribution in [0.2, 0.25) is 10.0 Å². The molecule has 1 amide bonds. The molecule has 0 saturated heterocycles. The van der Waals surface area contributed by atoms with Gasteiger partial charge >= 0.3 is 0 Å². The molecule has 6 heteroatoms. The van der Waals surface area contributed by atoms with Gasteiger partial charge < -0.3 is 11.1 Å². The highest BCUT2D eigenvalue weighted by Gasteiger charge is 2.05. The van der Waals surface area contributed by atoms with E-state index in [4.69, 9.17) is 28.9 Å². The second-order valence-corrected chi connectivity index (χ2v) is 4.25. The number of halogens is 2. The van der Waals surface area contributed by atoms with Crippen LogP contribution in [0.25, 0.3) is 0 Å². The van der Waals surface area contributed by atoms with Gasteiger partial charge in [-0.1, -0.05) is 35.4 Å². The average Bonchev–Trinajstić information content (AvgIpc) is 1.98. The second-order valence-electron chi connectivity index (χ2n) is 2.85. The molecule has 0 radical (unpaired) electrons. The molecule has 0 aromatic heterocycles. The molecular weight excluding hydrogens is 255 g/mol. The number of benzene rings is 1. The molecule has 1 aromatic rings. The Balaban J connectivity index is 2.72. The van der Waals surface area contributed by atoms with E-state index >= 15 is 0 Å². The first-order chi connectivity index (χ1) is 6.97. The van der Waals surface area contributed by atoms with Crippen LogP contribution >= 0.6 is 35.4 Å². The third-order valence-corrected chi connectivity index (χ3v) is 2.06. The summed E-state index contributed by atoms with van der Waals surface area (Å²) in [5, 5.41) is 3.48. The van der Waals surface area contributed by atoms with Gasteiger partial charge in [0.15, 0.2) is 0 Å². The highest BCUT2D eigenvalue weighted by atomic mass is 35.5. The standard InChI is InChI=1S/C9H8Cl2N2OS/c10-5-1-6(11)3-7(2-5)13-9(14)4-8(12)15/h1-3H,4H2,(H2,12,15)(H,13,14). The fourth-order valence-electron chi connectivity index (χ4n) is 0.989. The largest absolute Gasteiger partial charge is 0.393 e. The Morgan fingerprint density at radius 2 is 1.87 bits per heavy atom. The van der Waals surface area contributed by atoms with Gasteiger partial charge in [0.1, 0.15) is 0 Å². The van der Waals surface area contributed by atoms with Crippen molar-refractivity contribution in [1.82, 2.24) is 0 Å². The van der Waals surface area contributed by atoms with Gasteiger partial charge in [-0.2, -0.15) is 0 Å². The van der Waals surface area contributed by atoms with Crippen LogP contribution in [0.15, 0.2) is 18.2 Å². The SMILES string of the molecule is NC(=S)CC(=O)Nc1cc(Cl)cc(Cl)c1. The molecule has 0 unspecified atom stereocenters. The zero-order valence-corrected chi connectivity index (χ0v) is 9.92. The van der Waals surface area contributed by atoms with Gasteiger partial charge in [-0.25, -0.2) is 0 Å². The number of nitrogens with one attached hydrogen (secondary N) is 1. The predicted molar refractivity (Wildman–Crippen MR) is 66.5 cm³/mol. The van der Waals surface area contributed by atoms with Crippen LogP contribution in [-0.4, -0.2) is 10.9 Å². The third-order valence-electron chi connectivity index (χ3n) is 1.48. The lowest BCUT2D eigenvalue weighted by Gasteiger charge is -2.05. The third kappa shape index (κ3) is 4.46. The molecule has 3 N–H and O–H groups in total. The minimum absolute atomic E-state index is 0.000530. The maximum Gasteiger partial charge on any atom is 0.231 e. The quantitative estimate of drug-likeness (QED) is 0.824. The van der Waals surface area contributed by atoms with E-state index in [-0.39, 0.29) is 17.3 Å². The first-order valence-electron chi connectivity index (χ1n) is 4.01. The molecule has 0 aliphatic carbocycles. The molecule has 0 bridgehead atoms. The number of hydrogen-bond acceptors (Lipinski definition) is 2. The second kappa shape index (κ2) is 5.30. The minimum Gasteiger partial charge on any atom is -0.393 e. The number of amides is 1. The molecule has 0 aliphatic rings. The number of nitrogens with two attached hydrogens (primary N) is 1. The summed E-state index contributed by atoms with van der Waals surface area (Å²) < 4.78 is 0. The van der Waals surface area contributed by atoms with E-state index < -0.39 is 0 Å². The van der Waals surface area contributed by atoms with Crippen molar-refractivity contribution in [3.05, 3.63) is 28.2 Å². The fourth-order valence-corrected chi connectivity index (χ4v) is 1.65. The average molecular weight is 263 g/mol. The smallest absolute Gasteiger partial charge is 0.231 e. The summed E-state index contributed by atoms with van der Waals surface area (Å²) in [6.07, 6.45) is -0.000530. The molecule has 1 aromatic carbocycles. The number of carbonyl (C=O) groups is 1. The molecule has 0 saturated carbocycles. The van der Waals surface area contributed by atoms with Crippen LogP contribution in [0, 0.1) is 0 Å². The summed E-state index contributed by atoms with van der Waals surface area (Å²) in [6.45, 7) is 0. The lowest BCUT2D eigenvalue weighted by molar-refractivity contribution is -0.115. The topological polar surface area (TPSA) is 55.1 Å². The maximum atomic E-state index is 11.3. The van der Waals surface area contributed by atoms with Gasteiger partial charge in [0, 0.05) is 15.7 Å². The zero-order chi connectivity index (χ0) is 11.4. The van der Waals surface area contributed by atoms with Gasteiger partial charge in [0.25, 0.3) is 0 Å². The number of rotatable bonds is 3. The first kappa shape index (κ1) is 12.2. The van der Waals surface area contributed by atoms with Crippen molar-refractivity contribution in [3.63, 3.8) is 0 Å². The summed E-state index contributed by atoms with van der Waals surface area (Å²) in [5.74, 6) is -0.291. The molecule has 3 nitrogen and oxygen atoms in total. The van der Waals surface area contributed by atoms with Crippen molar-refractivity contribution in [2.75, 3.05) is 5.32 Å². The van der Waals surface area contributed by atoms with Crippen LogP contribution in [0.1, 0.15) is 6.42 Å². The highest BCUT2D eigenvalue weighted by Crippen LogP contribution is 2.22. The van der Waals surface area contributed by atoms with E-state index in [1.807, 2.05) is 0 Å². The Morgan fingerprint density at radius 3 is 2.33 bits per heavy atom. The lowest BCUT2D eigenvalue weighted by Crippen LogP contribution is -2.20. The van der Waals surface area contributed by atoms with Crippen molar-refractivity contribution in [1.29, 1.82) is 0 Å². The van der Waals surface area contributed by atoms with E-state index in [9.17, 15) is 4.79 Å². The Kier molecular flexibility index (Phi) is 4.32. The van der Waals surface area contributed by atoms with Crippen LogP contribution < -0.4 is 11.1 Å². The number of carbonyl (C=O) groups excluding carboxylic acids is 1. The maximum absolute atomic E-state index is 11.3. The number of anilines is 1. The molecular formula is C9H8Cl2N2OS. The monoisotopic (exact) mass is 262 g/mol. The summed E-state index contributed by atoms with van der Waals surface area (Å²) in [5.41, 5.74) is 5.75.